The average Bonchev–Trinajstić information content (AvgIpc) is 2.14. The predicted octanol–water partition coefficient (Wildman–Crippen LogP) is -0.265. The van der Waals surface area contributed by atoms with E-state index in [0.29, 0.717) is 6.17 Å². The summed E-state index contributed by atoms with van der Waals surface area (Å²) >= 11 is 0. The third-order valence-electron chi connectivity index (χ3n) is 1.36. The van der Waals surface area contributed by atoms with Crippen molar-refractivity contribution in [2.45, 2.75) is 12.8 Å². The first-order valence-electron chi connectivity index (χ1n) is 2.77. The molecule has 1 heterocycles. The summed E-state index contributed by atoms with van der Waals surface area (Å²) in [6.45, 7) is 0.933. The number of likely N-dealkylation sites (tertiary alicyclic amines) is 1. The molecule has 0 spiro atoms. The Bertz CT molecular complexity index is 105. The summed E-state index contributed by atoms with van der Waals surface area (Å²) in [6, 6.07) is 0. The standard InChI is InChI=1S/C5H8NOSi/c7-5-2-1-3-6(5)4-8/h1-4H2. The first-order chi connectivity index (χ1) is 3.84. The van der Waals surface area contributed by atoms with E-state index < -0.39 is 0 Å². The minimum Gasteiger partial charge on any atom is -0.346 e. The fourth-order valence-electron chi connectivity index (χ4n) is 0.871. The van der Waals surface area contributed by atoms with Crippen molar-refractivity contribution in [2.75, 3.05) is 12.7 Å². The largest absolute Gasteiger partial charge is 0.346 e. The second-order valence-electron chi connectivity index (χ2n) is 1.92. The van der Waals surface area contributed by atoms with Gasteiger partial charge in [-0.2, -0.15) is 0 Å². The van der Waals surface area contributed by atoms with E-state index in [9.17, 15) is 4.79 Å². The van der Waals surface area contributed by atoms with Crippen molar-refractivity contribution >= 4 is 16.1 Å². The molecule has 0 aromatic heterocycles. The lowest BCUT2D eigenvalue weighted by Crippen LogP contribution is -2.25. The highest BCUT2D eigenvalue weighted by Crippen LogP contribution is 2.06. The summed E-state index contributed by atoms with van der Waals surface area (Å²) in [5.74, 6) is 0.278. The van der Waals surface area contributed by atoms with Crippen molar-refractivity contribution in [3.8, 4) is 0 Å². The Morgan fingerprint density at radius 1 is 1.75 bits per heavy atom. The Labute approximate surface area is 52.3 Å². The number of carbonyl (C=O) groups excluding carboxylic acids is 1. The summed E-state index contributed by atoms with van der Waals surface area (Å²) in [4.78, 5) is 12.5. The SMILES string of the molecule is O=C1CCCN1C[Si]. The highest BCUT2D eigenvalue weighted by atomic mass is 28.1. The third-order valence-corrected chi connectivity index (χ3v) is 1.74. The number of hydrogen-bond acceptors (Lipinski definition) is 1. The minimum atomic E-state index is 0.278. The van der Waals surface area contributed by atoms with Crippen LogP contribution in [0.5, 0.6) is 0 Å². The van der Waals surface area contributed by atoms with Crippen LogP contribution >= 0.6 is 0 Å². The van der Waals surface area contributed by atoms with E-state index >= 15 is 0 Å². The lowest BCUT2D eigenvalue weighted by molar-refractivity contribution is -0.126. The van der Waals surface area contributed by atoms with Gasteiger partial charge in [0.15, 0.2) is 0 Å². The predicted molar refractivity (Wildman–Crippen MR) is 31.6 cm³/mol. The molecule has 1 saturated heterocycles. The minimum absolute atomic E-state index is 0.278. The van der Waals surface area contributed by atoms with Crippen LogP contribution in [0.25, 0.3) is 0 Å². The molecule has 0 unspecified atom stereocenters. The van der Waals surface area contributed by atoms with Gasteiger partial charge in [-0.25, -0.2) is 0 Å². The van der Waals surface area contributed by atoms with Crippen molar-refractivity contribution in [1.29, 1.82) is 0 Å². The van der Waals surface area contributed by atoms with Crippen LogP contribution in [0.2, 0.25) is 0 Å². The normalized spacial score (nSPS) is 20.1. The van der Waals surface area contributed by atoms with Gasteiger partial charge in [-0.15, -0.1) is 0 Å². The smallest absolute Gasteiger partial charge is 0.222 e. The lowest BCUT2D eigenvalue weighted by Gasteiger charge is -2.10. The Kier molecular flexibility index (Phi) is 1.68. The summed E-state index contributed by atoms with van der Waals surface area (Å²) in [6.07, 6.45) is 2.46. The maximum Gasteiger partial charge on any atom is 0.222 e. The van der Waals surface area contributed by atoms with Crippen LogP contribution in [0.3, 0.4) is 0 Å². The Hall–Kier alpha value is -0.313. The molecule has 3 radical (unpaired) electrons. The molecule has 0 aromatic rings. The molecule has 0 N–H and O–H groups in total. The van der Waals surface area contributed by atoms with Crippen LogP contribution in [-0.4, -0.2) is 33.8 Å². The Morgan fingerprint density at radius 3 is 2.75 bits per heavy atom. The molecule has 3 heteroatoms. The number of carbonyl (C=O) groups is 1. The van der Waals surface area contributed by atoms with Crippen LogP contribution in [0.1, 0.15) is 12.8 Å². The zero-order valence-corrected chi connectivity index (χ0v) is 5.68. The molecule has 43 valence electrons. The van der Waals surface area contributed by atoms with Gasteiger partial charge in [0.05, 0.1) is 10.2 Å². The summed E-state index contributed by atoms with van der Waals surface area (Å²) < 4.78 is 0. The Morgan fingerprint density at radius 2 is 2.50 bits per heavy atom. The molecule has 1 aliphatic rings. The van der Waals surface area contributed by atoms with Gasteiger partial charge in [-0.1, -0.05) is 0 Å². The average molecular weight is 126 g/mol. The molecule has 1 amide bonds. The second-order valence-corrected chi connectivity index (χ2v) is 2.24. The molecule has 1 aliphatic heterocycles. The van der Waals surface area contributed by atoms with E-state index in [-0.39, 0.29) is 5.91 Å². The molecule has 8 heavy (non-hydrogen) atoms. The fraction of sp³-hybridized carbons (Fsp3) is 0.800. The number of rotatable bonds is 1. The molecule has 0 saturated carbocycles. The van der Waals surface area contributed by atoms with E-state index in [1.807, 2.05) is 0 Å². The van der Waals surface area contributed by atoms with Crippen molar-refractivity contribution in [3.63, 3.8) is 0 Å². The fourth-order valence-corrected chi connectivity index (χ4v) is 1.21. The summed E-state index contributed by atoms with van der Waals surface area (Å²) in [5.41, 5.74) is 0. The molecule has 1 rings (SSSR count). The van der Waals surface area contributed by atoms with E-state index in [1.54, 1.807) is 4.90 Å². The molecule has 0 atom stereocenters. The van der Waals surface area contributed by atoms with Crippen LogP contribution in [0.4, 0.5) is 0 Å². The van der Waals surface area contributed by atoms with Gasteiger partial charge in [0.2, 0.25) is 5.91 Å². The number of nitrogens with zero attached hydrogens (tertiary/aromatic N) is 1. The quantitative estimate of drug-likeness (QED) is 0.443. The molecule has 2 nitrogen and oxygen atoms in total. The third kappa shape index (κ3) is 0.915. The maximum atomic E-state index is 10.7. The zero-order valence-electron chi connectivity index (χ0n) is 4.68. The first kappa shape index (κ1) is 5.82. The zero-order chi connectivity index (χ0) is 5.98. The first-order valence-corrected chi connectivity index (χ1v) is 3.47. The van der Waals surface area contributed by atoms with E-state index in [4.69, 9.17) is 0 Å². The van der Waals surface area contributed by atoms with Crippen molar-refractivity contribution in [2.24, 2.45) is 0 Å². The molecular formula is C5H8NOSi. The van der Waals surface area contributed by atoms with Crippen LogP contribution in [-0.2, 0) is 4.79 Å². The Balaban J connectivity index is 2.42. The molecule has 1 fully saturated rings. The maximum absolute atomic E-state index is 10.7. The van der Waals surface area contributed by atoms with E-state index in [1.165, 1.54) is 0 Å². The van der Waals surface area contributed by atoms with E-state index in [2.05, 4.69) is 10.2 Å². The van der Waals surface area contributed by atoms with Gasteiger partial charge in [-0.3, -0.25) is 4.79 Å². The van der Waals surface area contributed by atoms with E-state index in [0.717, 1.165) is 19.4 Å². The molecule has 0 aromatic carbocycles. The second kappa shape index (κ2) is 2.30. The van der Waals surface area contributed by atoms with Crippen molar-refractivity contribution in [1.82, 2.24) is 4.90 Å². The van der Waals surface area contributed by atoms with Gasteiger partial charge >= 0.3 is 0 Å². The van der Waals surface area contributed by atoms with Crippen molar-refractivity contribution in [3.05, 3.63) is 0 Å². The van der Waals surface area contributed by atoms with Gasteiger partial charge < -0.3 is 4.90 Å². The molecular weight excluding hydrogens is 118 g/mol. The highest BCUT2D eigenvalue weighted by Gasteiger charge is 2.16. The highest BCUT2D eigenvalue weighted by molar-refractivity contribution is 6.10. The number of amides is 1. The number of hydrogen-bond donors (Lipinski definition) is 0. The molecule has 0 aliphatic carbocycles. The van der Waals surface area contributed by atoms with Crippen LogP contribution < -0.4 is 0 Å². The van der Waals surface area contributed by atoms with Crippen LogP contribution in [0, 0.1) is 0 Å². The lowest BCUT2D eigenvalue weighted by atomic mass is 10.4. The molecule has 0 bridgehead atoms. The van der Waals surface area contributed by atoms with Gasteiger partial charge in [0.1, 0.15) is 0 Å². The summed E-state index contributed by atoms with van der Waals surface area (Å²) in [7, 11) is 3.27. The summed E-state index contributed by atoms with van der Waals surface area (Å²) in [5, 5.41) is 0. The van der Waals surface area contributed by atoms with Gasteiger partial charge in [0, 0.05) is 19.1 Å². The van der Waals surface area contributed by atoms with Crippen LogP contribution in [0.15, 0.2) is 0 Å². The van der Waals surface area contributed by atoms with Crippen molar-refractivity contribution < 1.29 is 4.79 Å². The monoisotopic (exact) mass is 126 g/mol. The van der Waals surface area contributed by atoms with Gasteiger partial charge in [0.25, 0.3) is 0 Å². The van der Waals surface area contributed by atoms with Gasteiger partial charge in [-0.05, 0) is 6.42 Å². The topological polar surface area (TPSA) is 20.3 Å².